The molecule has 1 aliphatic rings. The zero-order valence-corrected chi connectivity index (χ0v) is 22.5. The number of nitrogens with zero attached hydrogens (tertiary/aromatic N) is 1. The van der Waals surface area contributed by atoms with E-state index in [0.29, 0.717) is 33.3 Å². The minimum atomic E-state index is -0.853. The number of ketones is 1. The van der Waals surface area contributed by atoms with Gasteiger partial charge >= 0.3 is 0 Å². The normalized spacial score (nSPS) is 17.0. The summed E-state index contributed by atoms with van der Waals surface area (Å²) in [5.41, 5.74) is 4.19. The number of halogens is 1. The molecule has 1 saturated heterocycles. The van der Waals surface area contributed by atoms with Gasteiger partial charge < -0.3 is 14.6 Å². The van der Waals surface area contributed by atoms with Crippen molar-refractivity contribution in [1.82, 2.24) is 0 Å². The summed E-state index contributed by atoms with van der Waals surface area (Å²) < 4.78 is 10.8. The molecular weight excluding hydrogens is 490 g/mol. The lowest BCUT2D eigenvalue weighted by molar-refractivity contribution is -0.132. The highest BCUT2D eigenvalue weighted by atomic mass is 35.5. The van der Waals surface area contributed by atoms with Crippen LogP contribution in [0, 0.1) is 13.8 Å². The Labute approximate surface area is 222 Å². The molecule has 0 saturated carbocycles. The van der Waals surface area contributed by atoms with Crippen molar-refractivity contribution >= 4 is 34.7 Å². The molecule has 4 rings (SSSR count). The summed E-state index contributed by atoms with van der Waals surface area (Å²) in [6.45, 7) is 7.82. The van der Waals surface area contributed by atoms with Crippen LogP contribution in [0.1, 0.15) is 53.6 Å². The van der Waals surface area contributed by atoms with Gasteiger partial charge in [0.05, 0.1) is 30.9 Å². The van der Waals surface area contributed by atoms with Crippen molar-refractivity contribution in [3.8, 4) is 11.5 Å². The van der Waals surface area contributed by atoms with E-state index in [2.05, 4.69) is 0 Å². The first kappa shape index (κ1) is 26.3. The van der Waals surface area contributed by atoms with Crippen LogP contribution in [-0.4, -0.2) is 31.0 Å². The zero-order chi connectivity index (χ0) is 27.0. The molecule has 1 aliphatic heterocycles. The average Bonchev–Trinajstić information content (AvgIpc) is 3.13. The number of rotatable bonds is 6. The molecule has 1 atom stereocenters. The van der Waals surface area contributed by atoms with Crippen molar-refractivity contribution in [3.05, 3.63) is 93.0 Å². The quantitative estimate of drug-likeness (QED) is 0.222. The van der Waals surface area contributed by atoms with Gasteiger partial charge in [-0.15, -0.1) is 0 Å². The number of benzene rings is 3. The van der Waals surface area contributed by atoms with Gasteiger partial charge in [-0.1, -0.05) is 55.3 Å². The van der Waals surface area contributed by atoms with Gasteiger partial charge in [0.2, 0.25) is 0 Å². The number of aryl methyl sites for hydroxylation is 2. The molecule has 3 aromatic rings. The van der Waals surface area contributed by atoms with E-state index in [1.165, 1.54) is 12.0 Å². The fourth-order valence-electron chi connectivity index (χ4n) is 4.79. The Balaban J connectivity index is 1.99. The second-order valence-corrected chi connectivity index (χ2v) is 9.87. The number of ether oxygens (including phenoxy) is 2. The summed E-state index contributed by atoms with van der Waals surface area (Å²) >= 11 is 6.38. The molecule has 192 valence electrons. The summed E-state index contributed by atoms with van der Waals surface area (Å²) in [6, 6.07) is 15.3. The predicted molar refractivity (Wildman–Crippen MR) is 146 cm³/mol. The van der Waals surface area contributed by atoms with Crippen LogP contribution < -0.4 is 14.4 Å². The summed E-state index contributed by atoms with van der Waals surface area (Å²) in [5.74, 6) is -0.480. The Morgan fingerprint density at radius 3 is 2.27 bits per heavy atom. The molecule has 1 amide bonds. The highest BCUT2D eigenvalue weighted by molar-refractivity contribution is 6.52. The Morgan fingerprint density at radius 1 is 0.973 bits per heavy atom. The average molecular weight is 520 g/mol. The molecule has 37 heavy (non-hydrogen) atoms. The molecule has 0 spiro atoms. The first-order valence-electron chi connectivity index (χ1n) is 12.0. The maximum atomic E-state index is 13.5. The number of methoxy groups -OCH3 is 2. The summed E-state index contributed by atoms with van der Waals surface area (Å²) in [5, 5.41) is 12.0. The fourth-order valence-corrected chi connectivity index (χ4v) is 5.04. The Morgan fingerprint density at radius 2 is 1.68 bits per heavy atom. The predicted octanol–water partition coefficient (Wildman–Crippen LogP) is 6.72. The third kappa shape index (κ3) is 4.69. The van der Waals surface area contributed by atoms with Crippen molar-refractivity contribution in [1.29, 1.82) is 0 Å². The van der Waals surface area contributed by atoms with Crippen molar-refractivity contribution in [3.63, 3.8) is 0 Å². The first-order valence-corrected chi connectivity index (χ1v) is 12.4. The molecule has 7 heteroatoms. The number of hydrogen-bond donors (Lipinski definition) is 1. The van der Waals surface area contributed by atoms with E-state index in [1.54, 1.807) is 25.3 Å². The molecule has 0 aromatic heterocycles. The number of aliphatic hydroxyl groups is 1. The van der Waals surface area contributed by atoms with Crippen LogP contribution in [0.3, 0.4) is 0 Å². The van der Waals surface area contributed by atoms with Crippen molar-refractivity contribution in [2.75, 3.05) is 19.1 Å². The number of carbonyl (C=O) groups is 2. The number of anilines is 1. The Kier molecular flexibility index (Phi) is 7.32. The van der Waals surface area contributed by atoms with Crippen LogP contribution in [0.15, 0.2) is 60.2 Å². The molecule has 3 aromatic carbocycles. The topological polar surface area (TPSA) is 76.1 Å². The number of carbonyl (C=O) groups excluding carboxylic acids is 2. The lowest BCUT2D eigenvalue weighted by atomic mass is 9.90. The second kappa shape index (κ2) is 10.3. The number of aliphatic hydroxyl groups excluding tert-OH is 1. The summed E-state index contributed by atoms with van der Waals surface area (Å²) in [6.07, 6.45) is 0. The monoisotopic (exact) mass is 519 g/mol. The van der Waals surface area contributed by atoms with E-state index < -0.39 is 17.7 Å². The van der Waals surface area contributed by atoms with Crippen LogP contribution in [0.5, 0.6) is 11.5 Å². The van der Waals surface area contributed by atoms with Crippen molar-refractivity contribution in [2.24, 2.45) is 0 Å². The van der Waals surface area contributed by atoms with Crippen molar-refractivity contribution in [2.45, 2.75) is 39.7 Å². The third-order valence-corrected chi connectivity index (χ3v) is 6.97. The SMILES string of the molecule is COc1ccc(N2C(=O)C(=O)/C(=C(/O)c3cc(C(C)C)c(OC)cc3C)C2c2cccc(C)c2)cc1Cl. The molecule has 6 nitrogen and oxygen atoms in total. The maximum absolute atomic E-state index is 13.5. The molecular formula is C30H30ClNO5. The van der Waals surface area contributed by atoms with Crippen LogP contribution >= 0.6 is 11.6 Å². The first-order chi connectivity index (χ1) is 17.6. The largest absolute Gasteiger partial charge is 0.507 e. The maximum Gasteiger partial charge on any atom is 0.300 e. The van der Waals surface area contributed by atoms with E-state index in [1.807, 2.05) is 64.1 Å². The highest BCUT2D eigenvalue weighted by Crippen LogP contribution is 2.44. The highest BCUT2D eigenvalue weighted by Gasteiger charge is 2.47. The minimum Gasteiger partial charge on any atom is -0.507 e. The fraction of sp³-hybridized carbons (Fsp3) is 0.267. The van der Waals surface area contributed by atoms with E-state index >= 15 is 0 Å². The van der Waals surface area contributed by atoms with Gasteiger partial charge in [-0.3, -0.25) is 14.5 Å². The smallest absolute Gasteiger partial charge is 0.300 e. The van der Waals surface area contributed by atoms with Gasteiger partial charge in [-0.25, -0.2) is 0 Å². The van der Waals surface area contributed by atoms with Gasteiger partial charge in [-0.2, -0.15) is 0 Å². The molecule has 1 fully saturated rings. The summed E-state index contributed by atoms with van der Waals surface area (Å²) in [7, 11) is 3.10. The molecule has 0 radical (unpaired) electrons. The number of Topliss-reactive ketones (excluding diaryl/α,β-unsaturated/α-hetero) is 1. The molecule has 1 N–H and O–H groups in total. The molecule has 1 unspecified atom stereocenters. The van der Waals surface area contributed by atoms with E-state index in [0.717, 1.165) is 16.7 Å². The summed E-state index contributed by atoms with van der Waals surface area (Å²) in [4.78, 5) is 28.4. The standard InChI is InChI=1S/C30H30ClNO5/c1-16(2)21-15-22(18(4)13-25(21)37-6)28(33)26-27(19-9-7-8-17(3)12-19)32(30(35)29(26)34)20-10-11-24(36-5)23(31)14-20/h7-16,27,33H,1-6H3/b28-26+. The lowest BCUT2D eigenvalue weighted by Crippen LogP contribution is -2.29. The molecule has 1 heterocycles. The van der Waals surface area contributed by atoms with Crippen LogP contribution in [0.2, 0.25) is 5.02 Å². The lowest BCUT2D eigenvalue weighted by Gasteiger charge is -2.26. The second-order valence-electron chi connectivity index (χ2n) is 9.47. The van der Waals surface area contributed by atoms with Gasteiger partial charge in [-0.05, 0) is 66.8 Å². The van der Waals surface area contributed by atoms with Gasteiger partial charge in [0.25, 0.3) is 11.7 Å². The van der Waals surface area contributed by atoms with Crippen LogP contribution in [-0.2, 0) is 9.59 Å². The van der Waals surface area contributed by atoms with Crippen LogP contribution in [0.25, 0.3) is 5.76 Å². The van der Waals surface area contributed by atoms with Gasteiger partial charge in [0.15, 0.2) is 0 Å². The number of hydrogen-bond acceptors (Lipinski definition) is 5. The van der Waals surface area contributed by atoms with Crippen molar-refractivity contribution < 1.29 is 24.2 Å². The third-order valence-electron chi connectivity index (χ3n) is 6.67. The van der Waals surface area contributed by atoms with Gasteiger partial charge in [0.1, 0.15) is 17.3 Å². The van der Waals surface area contributed by atoms with Crippen LogP contribution in [0.4, 0.5) is 5.69 Å². The minimum absolute atomic E-state index is 0.0190. The number of amides is 1. The van der Waals surface area contributed by atoms with Gasteiger partial charge in [0, 0.05) is 11.3 Å². The zero-order valence-electron chi connectivity index (χ0n) is 21.8. The molecule has 0 aliphatic carbocycles. The Hall–Kier alpha value is -3.77. The van der Waals surface area contributed by atoms with E-state index in [4.69, 9.17) is 21.1 Å². The molecule has 0 bridgehead atoms. The van der Waals surface area contributed by atoms with E-state index in [-0.39, 0.29) is 17.3 Å². The Bertz CT molecular complexity index is 1430. The van der Waals surface area contributed by atoms with E-state index in [9.17, 15) is 14.7 Å².